The van der Waals surface area contributed by atoms with E-state index in [0.717, 1.165) is 28.1 Å². The maximum Gasteiger partial charge on any atom is 0.196 e. The predicted molar refractivity (Wildman–Crippen MR) is 106 cm³/mol. The molecule has 0 aliphatic heterocycles. The molecular formula is C20H17ClN4OS. The van der Waals surface area contributed by atoms with Crippen molar-refractivity contribution in [3.8, 4) is 5.69 Å². The van der Waals surface area contributed by atoms with Crippen LogP contribution in [0.5, 0.6) is 0 Å². The van der Waals surface area contributed by atoms with Gasteiger partial charge in [0.05, 0.1) is 11.4 Å². The molecule has 0 N–H and O–H groups in total. The average molecular weight is 397 g/mol. The summed E-state index contributed by atoms with van der Waals surface area (Å²) in [6.45, 7) is 1.91. The second-order valence-corrected chi connectivity index (χ2v) is 7.48. The predicted octanol–water partition coefficient (Wildman–Crippen LogP) is 5.10. The second kappa shape index (κ2) is 7.98. The molecule has 27 heavy (non-hydrogen) atoms. The van der Waals surface area contributed by atoms with Gasteiger partial charge < -0.3 is 4.52 Å². The quantitative estimate of drug-likeness (QED) is 0.424. The highest BCUT2D eigenvalue weighted by Gasteiger charge is 2.16. The minimum atomic E-state index is 0.637. The molecule has 0 aliphatic carbocycles. The molecule has 0 amide bonds. The highest BCUT2D eigenvalue weighted by molar-refractivity contribution is 7.98. The van der Waals surface area contributed by atoms with E-state index in [9.17, 15) is 0 Å². The van der Waals surface area contributed by atoms with Crippen molar-refractivity contribution in [2.75, 3.05) is 0 Å². The van der Waals surface area contributed by atoms with Crippen LogP contribution in [0.1, 0.15) is 22.8 Å². The smallest absolute Gasteiger partial charge is 0.196 e. The van der Waals surface area contributed by atoms with E-state index in [1.807, 2.05) is 55.5 Å². The Bertz CT molecular complexity index is 1030. The van der Waals surface area contributed by atoms with Gasteiger partial charge in [0.15, 0.2) is 5.16 Å². The second-order valence-electron chi connectivity index (χ2n) is 6.10. The van der Waals surface area contributed by atoms with E-state index in [1.54, 1.807) is 11.8 Å². The number of aromatic nitrogens is 4. The van der Waals surface area contributed by atoms with Crippen molar-refractivity contribution in [1.29, 1.82) is 0 Å². The van der Waals surface area contributed by atoms with Gasteiger partial charge in [-0.3, -0.25) is 4.57 Å². The molecule has 0 saturated heterocycles. The lowest BCUT2D eigenvalue weighted by Gasteiger charge is -2.10. The Morgan fingerprint density at radius 3 is 2.52 bits per heavy atom. The number of nitrogens with zero attached hydrogens (tertiary/aromatic N) is 4. The van der Waals surface area contributed by atoms with Crippen molar-refractivity contribution in [2.45, 2.75) is 24.3 Å². The Labute approximate surface area is 166 Å². The van der Waals surface area contributed by atoms with Crippen molar-refractivity contribution in [1.82, 2.24) is 19.9 Å². The van der Waals surface area contributed by atoms with Crippen molar-refractivity contribution in [3.63, 3.8) is 0 Å². The zero-order chi connectivity index (χ0) is 18.6. The molecule has 136 valence electrons. The summed E-state index contributed by atoms with van der Waals surface area (Å²) < 4.78 is 7.37. The first-order valence-electron chi connectivity index (χ1n) is 8.48. The van der Waals surface area contributed by atoms with Crippen molar-refractivity contribution in [3.05, 3.63) is 88.5 Å². The number of hydrogen-bond acceptors (Lipinski definition) is 5. The lowest BCUT2D eigenvalue weighted by molar-refractivity contribution is 0.391. The molecule has 0 saturated carbocycles. The van der Waals surface area contributed by atoms with Gasteiger partial charge in [0.2, 0.25) is 0 Å². The fraction of sp³-hybridized carbons (Fsp3) is 0.150. The first-order chi connectivity index (χ1) is 13.2. The molecule has 2 aromatic heterocycles. The standard InChI is InChI=1S/C20H17ClN4OS/c1-14-11-18(26-24-14)13-27-20-23-22-19(12-15-5-3-2-4-6-15)25(20)17-9-7-16(21)8-10-17/h2-11H,12-13H2,1H3. The fourth-order valence-corrected chi connectivity index (χ4v) is 3.73. The maximum atomic E-state index is 6.06. The summed E-state index contributed by atoms with van der Waals surface area (Å²) in [6, 6.07) is 19.9. The molecule has 5 nitrogen and oxygen atoms in total. The van der Waals surface area contributed by atoms with Gasteiger partial charge in [-0.05, 0) is 36.8 Å². The minimum absolute atomic E-state index is 0.637. The highest BCUT2D eigenvalue weighted by atomic mass is 35.5. The molecule has 4 rings (SSSR count). The van der Waals surface area contributed by atoms with Crippen LogP contribution >= 0.6 is 23.4 Å². The van der Waals surface area contributed by atoms with E-state index in [1.165, 1.54) is 5.56 Å². The Hall–Kier alpha value is -2.57. The summed E-state index contributed by atoms with van der Waals surface area (Å²) in [7, 11) is 0. The normalized spacial score (nSPS) is 11.0. The van der Waals surface area contributed by atoms with Gasteiger partial charge in [0.1, 0.15) is 11.6 Å². The topological polar surface area (TPSA) is 56.7 Å². The summed E-state index contributed by atoms with van der Waals surface area (Å²) in [4.78, 5) is 0. The summed E-state index contributed by atoms with van der Waals surface area (Å²) >= 11 is 7.63. The van der Waals surface area contributed by atoms with E-state index in [2.05, 4.69) is 32.1 Å². The molecular weight excluding hydrogens is 380 g/mol. The van der Waals surface area contributed by atoms with Crippen molar-refractivity contribution >= 4 is 23.4 Å². The number of halogens is 1. The van der Waals surface area contributed by atoms with Crippen LogP contribution < -0.4 is 0 Å². The van der Waals surface area contributed by atoms with Crippen LogP contribution in [0, 0.1) is 6.92 Å². The Morgan fingerprint density at radius 1 is 1.04 bits per heavy atom. The SMILES string of the molecule is Cc1cc(CSc2nnc(Cc3ccccc3)n2-c2ccc(Cl)cc2)on1. The number of hydrogen-bond donors (Lipinski definition) is 0. The van der Waals surface area contributed by atoms with E-state index in [-0.39, 0.29) is 0 Å². The highest BCUT2D eigenvalue weighted by Crippen LogP contribution is 2.27. The summed E-state index contributed by atoms with van der Waals surface area (Å²) in [5, 5.41) is 14.3. The zero-order valence-electron chi connectivity index (χ0n) is 14.7. The van der Waals surface area contributed by atoms with Gasteiger partial charge >= 0.3 is 0 Å². The molecule has 0 radical (unpaired) electrons. The molecule has 0 fully saturated rings. The zero-order valence-corrected chi connectivity index (χ0v) is 16.2. The van der Waals surface area contributed by atoms with Crippen LogP contribution in [-0.4, -0.2) is 19.9 Å². The van der Waals surface area contributed by atoms with Crippen molar-refractivity contribution < 1.29 is 4.52 Å². The van der Waals surface area contributed by atoms with Crippen LogP contribution in [0.15, 0.2) is 70.3 Å². The molecule has 0 bridgehead atoms. The molecule has 2 heterocycles. The van der Waals surface area contributed by atoms with Crippen LogP contribution in [0.4, 0.5) is 0 Å². The number of thioether (sulfide) groups is 1. The van der Waals surface area contributed by atoms with Gasteiger partial charge in [-0.15, -0.1) is 10.2 Å². The third-order valence-corrected chi connectivity index (χ3v) is 5.21. The molecule has 0 spiro atoms. The minimum Gasteiger partial charge on any atom is -0.360 e. The lowest BCUT2D eigenvalue weighted by Crippen LogP contribution is -2.03. The van der Waals surface area contributed by atoms with E-state index in [4.69, 9.17) is 16.1 Å². The fourth-order valence-electron chi connectivity index (χ4n) is 2.76. The lowest BCUT2D eigenvalue weighted by atomic mass is 10.1. The average Bonchev–Trinajstić information content (AvgIpc) is 3.28. The van der Waals surface area contributed by atoms with Gasteiger partial charge in [-0.1, -0.05) is 58.9 Å². The summed E-state index contributed by atoms with van der Waals surface area (Å²) in [6.07, 6.45) is 0.693. The van der Waals surface area contributed by atoms with Gasteiger partial charge in [-0.25, -0.2) is 0 Å². The number of aryl methyl sites for hydroxylation is 1. The van der Waals surface area contributed by atoms with E-state index in [0.29, 0.717) is 17.2 Å². The van der Waals surface area contributed by atoms with Crippen LogP contribution in [0.25, 0.3) is 5.69 Å². The van der Waals surface area contributed by atoms with Gasteiger partial charge in [0, 0.05) is 23.2 Å². The molecule has 0 unspecified atom stereocenters. The van der Waals surface area contributed by atoms with E-state index < -0.39 is 0 Å². The Morgan fingerprint density at radius 2 is 1.81 bits per heavy atom. The molecule has 2 aromatic carbocycles. The maximum absolute atomic E-state index is 6.06. The van der Waals surface area contributed by atoms with Crippen molar-refractivity contribution in [2.24, 2.45) is 0 Å². The third kappa shape index (κ3) is 4.23. The Balaban J connectivity index is 1.66. The van der Waals surface area contributed by atoms with Crippen LogP contribution in [0.2, 0.25) is 5.02 Å². The molecule has 4 aromatic rings. The summed E-state index contributed by atoms with van der Waals surface area (Å²) in [5.41, 5.74) is 3.03. The number of benzene rings is 2. The monoisotopic (exact) mass is 396 g/mol. The van der Waals surface area contributed by atoms with Gasteiger partial charge in [0.25, 0.3) is 0 Å². The van der Waals surface area contributed by atoms with Crippen LogP contribution in [-0.2, 0) is 12.2 Å². The molecule has 7 heteroatoms. The first-order valence-corrected chi connectivity index (χ1v) is 9.84. The van der Waals surface area contributed by atoms with Gasteiger partial charge in [-0.2, -0.15) is 0 Å². The van der Waals surface area contributed by atoms with Crippen LogP contribution in [0.3, 0.4) is 0 Å². The first kappa shape index (κ1) is 17.8. The summed E-state index contributed by atoms with van der Waals surface area (Å²) in [5.74, 6) is 2.32. The third-order valence-electron chi connectivity index (χ3n) is 4.01. The molecule has 0 aliphatic rings. The molecule has 0 atom stereocenters. The van der Waals surface area contributed by atoms with E-state index >= 15 is 0 Å². The number of rotatable bonds is 6. The largest absolute Gasteiger partial charge is 0.360 e. The Kier molecular flexibility index (Phi) is 5.27.